The van der Waals surface area contributed by atoms with Gasteiger partial charge in [0.15, 0.2) is 0 Å². The lowest BCUT2D eigenvalue weighted by atomic mass is 9.89. The van der Waals surface area contributed by atoms with Crippen LogP contribution < -0.4 is 4.90 Å². The number of hydrogen-bond acceptors (Lipinski definition) is 2. The highest BCUT2D eigenvalue weighted by Gasteiger charge is 2.35. The standard InChI is InChI=1S/C21H23NOS/c1-15-9-11-17(12-10-15)24-14-20(23)22-19-8-6-5-7-18(19)16(2)13-21(22,3)4/h5-13H,14H2,1-4H3. The number of rotatable bonds is 3. The average molecular weight is 337 g/mol. The van der Waals surface area contributed by atoms with E-state index in [0.29, 0.717) is 5.75 Å². The minimum atomic E-state index is -0.316. The van der Waals surface area contributed by atoms with Gasteiger partial charge in [0.2, 0.25) is 5.91 Å². The van der Waals surface area contributed by atoms with Crippen molar-refractivity contribution >= 4 is 28.9 Å². The summed E-state index contributed by atoms with van der Waals surface area (Å²) >= 11 is 1.60. The van der Waals surface area contributed by atoms with Gasteiger partial charge in [-0.3, -0.25) is 4.79 Å². The Hall–Kier alpha value is -2.00. The van der Waals surface area contributed by atoms with Crippen LogP contribution in [0.1, 0.15) is 31.9 Å². The first kappa shape index (κ1) is 16.8. The summed E-state index contributed by atoms with van der Waals surface area (Å²) in [6.07, 6.45) is 2.18. The van der Waals surface area contributed by atoms with Crippen LogP contribution in [0.2, 0.25) is 0 Å². The number of carbonyl (C=O) groups excluding carboxylic acids is 1. The number of fused-ring (bicyclic) bond motifs is 1. The van der Waals surface area contributed by atoms with Gasteiger partial charge in [0.05, 0.1) is 17.0 Å². The molecule has 0 fully saturated rings. The van der Waals surface area contributed by atoms with Crippen molar-refractivity contribution in [2.75, 3.05) is 10.7 Å². The van der Waals surface area contributed by atoms with Crippen molar-refractivity contribution in [1.29, 1.82) is 0 Å². The molecule has 0 bridgehead atoms. The summed E-state index contributed by atoms with van der Waals surface area (Å²) < 4.78 is 0. The summed E-state index contributed by atoms with van der Waals surface area (Å²) in [5.41, 5.74) is 4.30. The highest BCUT2D eigenvalue weighted by Crippen LogP contribution is 2.39. The zero-order chi connectivity index (χ0) is 17.3. The van der Waals surface area contributed by atoms with Crippen LogP contribution in [0.25, 0.3) is 5.57 Å². The van der Waals surface area contributed by atoms with Crippen molar-refractivity contribution in [1.82, 2.24) is 0 Å². The number of thioether (sulfide) groups is 1. The highest BCUT2D eigenvalue weighted by molar-refractivity contribution is 8.00. The first-order valence-corrected chi connectivity index (χ1v) is 9.18. The molecule has 0 saturated carbocycles. The van der Waals surface area contributed by atoms with Crippen molar-refractivity contribution in [3.8, 4) is 0 Å². The number of anilines is 1. The molecule has 3 rings (SSSR count). The smallest absolute Gasteiger partial charge is 0.238 e. The summed E-state index contributed by atoms with van der Waals surface area (Å²) in [6, 6.07) is 16.5. The zero-order valence-corrected chi connectivity index (χ0v) is 15.5. The molecule has 2 nitrogen and oxygen atoms in total. The van der Waals surface area contributed by atoms with E-state index in [2.05, 4.69) is 64.1 Å². The van der Waals surface area contributed by atoms with E-state index in [4.69, 9.17) is 0 Å². The summed E-state index contributed by atoms with van der Waals surface area (Å²) in [7, 11) is 0. The van der Waals surface area contributed by atoms with Crippen LogP contribution in [-0.2, 0) is 4.79 Å². The summed E-state index contributed by atoms with van der Waals surface area (Å²) in [6.45, 7) is 8.38. The molecular formula is C21H23NOS. The third kappa shape index (κ3) is 3.27. The number of benzene rings is 2. The number of amides is 1. The molecule has 2 aromatic carbocycles. The van der Waals surface area contributed by atoms with Gasteiger partial charge >= 0.3 is 0 Å². The molecule has 124 valence electrons. The van der Waals surface area contributed by atoms with Crippen LogP contribution in [0.15, 0.2) is 59.5 Å². The molecule has 3 heteroatoms. The Bertz CT molecular complexity index is 790. The molecule has 1 amide bonds. The second-order valence-corrected chi connectivity index (χ2v) is 7.88. The fraction of sp³-hybridized carbons (Fsp3) is 0.286. The van der Waals surface area contributed by atoms with Crippen molar-refractivity contribution in [2.45, 2.75) is 38.1 Å². The molecule has 24 heavy (non-hydrogen) atoms. The molecule has 0 saturated heterocycles. The third-order valence-corrected chi connectivity index (χ3v) is 5.35. The van der Waals surface area contributed by atoms with Crippen LogP contribution in [0, 0.1) is 6.92 Å². The normalized spacial score (nSPS) is 15.7. The SMILES string of the molecule is CC1=CC(C)(C)N(C(=O)CSc2ccc(C)cc2)c2ccccc21. The topological polar surface area (TPSA) is 20.3 Å². The minimum Gasteiger partial charge on any atom is -0.302 e. The van der Waals surface area contributed by atoms with Gasteiger partial charge < -0.3 is 4.90 Å². The molecule has 1 heterocycles. The first-order valence-electron chi connectivity index (χ1n) is 8.20. The van der Waals surface area contributed by atoms with Crippen LogP contribution >= 0.6 is 11.8 Å². The van der Waals surface area contributed by atoms with Crippen LogP contribution in [0.5, 0.6) is 0 Å². The molecule has 0 atom stereocenters. The number of para-hydroxylation sites is 1. The van der Waals surface area contributed by atoms with E-state index < -0.39 is 0 Å². The number of carbonyl (C=O) groups is 1. The maximum Gasteiger partial charge on any atom is 0.238 e. The monoisotopic (exact) mass is 337 g/mol. The molecule has 0 unspecified atom stereocenters. The Morgan fingerprint density at radius 1 is 1.04 bits per heavy atom. The quantitative estimate of drug-likeness (QED) is 0.707. The van der Waals surface area contributed by atoms with Crippen molar-refractivity contribution < 1.29 is 4.79 Å². The number of nitrogens with zero attached hydrogens (tertiary/aromatic N) is 1. The Balaban J connectivity index is 1.84. The van der Waals surface area contributed by atoms with Gasteiger partial charge in [-0.15, -0.1) is 11.8 Å². The van der Waals surface area contributed by atoms with Gasteiger partial charge in [0, 0.05) is 10.5 Å². The van der Waals surface area contributed by atoms with Crippen LogP contribution in [-0.4, -0.2) is 17.2 Å². The van der Waals surface area contributed by atoms with E-state index in [0.717, 1.165) is 16.1 Å². The highest BCUT2D eigenvalue weighted by atomic mass is 32.2. The summed E-state index contributed by atoms with van der Waals surface area (Å²) in [4.78, 5) is 16.1. The Morgan fingerprint density at radius 2 is 1.71 bits per heavy atom. The largest absolute Gasteiger partial charge is 0.302 e. The Kier molecular flexibility index (Phi) is 4.55. The number of allylic oxidation sites excluding steroid dienone is 1. The number of aryl methyl sites for hydroxylation is 1. The molecule has 2 aromatic rings. The average Bonchev–Trinajstić information content (AvgIpc) is 2.53. The lowest BCUT2D eigenvalue weighted by Crippen LogP contribution is -2.49. The maximum absolute atomic E-state index is 13.0. The van der Waals surface area contributed by atoms with E-state index in [1.165, 1.54) is 11.1 Å². The Labute approximate surface area is 148 Å². The lowest BCUT2D eigenvalue weighted by Gasteiger charge is -2.41. The number of hydrogen-bond donors (Lipinski definition) is 0. The van der Waals surface area contributed by atoms with Gasteiger partial charge in [-0.1, -0.05) is 42.0 Å². The molecule has 0 N–H and O–H groups in total. The molecule has 0 aromatic heterocycles. The van der Waals surface area contributed by atoms with Crippen molar-refractivity contribution in [3.05, 3.63) is 65.7 Å². The first-order chi connectivity index (χ1) is 11.4. The van der Waals surface area contributed by atoms with Crippen LogP contribution in [0.4, 0.5) is 5.69 Å². The second kappa shape index (κ2) is 6.48. The van der Waals surface area contributed by atoms with E-state index in [-0.39, 0.29) is 11.4 Å². The molecule has 1 aliphatic heterocycles. The van der Waals surface area contributed by atoms with Crippen molar-refractivity contribution in [2.24, 2.45) is 0 Å². The van der Waals surface area contributed by atoms with Gasteiger partial charge in [0.1, 0.15) is 0 Å². The van der Waals surface area contributed by atoms with E-state index in [1.54, 1.807) is 11.8 Å². The minimum absolute atomic E-state index is 0.141. The Morgan fingerprint density at radius 3 is 2.42 bits per heavy atom. The van der Waals surface area contributed by atoms with Gasteiger partial charge in [-0.2, -0.15) is 0 Å². The molecule has 0 radical (unpaired) electrons. The molecular weight excluding hydrogens is 314 g/mol. The van der Waals surface area contributed by atoms with Crippen molar-refractivity contribution in [3.63, 3.8) is 0 Å². The van der Waals surface area contributed by atoms with Crippen LogP contribution in [0.3, 0.4) is 0 Å². The molecule has 0 aliphatic carbocycles. The summed E-state index contributed by atoms with van der Waals surface area (Å²) in [5.74, 6) is 0.579. The predicted octanol–water partition coefficient (Wildman–Crippen LogP) is 5.32. The fourth-order valence-electron chi connectivity index (χ4n) is 3.28. The maximum atomic E-state index is 13.0. The molecule has 0 spiro atoms. The van der Waals surface area contributed by atoms with Gasteiger partial charge in [-0.05, 0) is 51.5 Å². The van der Waals surface area contributed by atoms with E-state index in [1.807, 2.05) is 23.1 Å². The zero-order valence-electron chi connectivity index (χ0n) is 14.7. The van der Waals surface area contributed by atoms with E-state index >= 15 is 0 Å². The lowest BCUT2D eigenvalue weighted by molar-refractivity contribution is -0.116. The van der Waals surface area contributed by atoms with Gasteiger partial charge in [-0.25, -0.2) is 0 Å². The second-order valence-electron chi connectivity index (χ2n) is 6.83. The molecule has 1 aliphatic rings. The van der Waals surface area contributed by atoms with E-state index in [9.17, 15) is 4.79 Å². The van der Waals surface area contributed by atoms with Gasteiger partial charge in [0.25, 0.3) is 0 Å². The predicted molar refractivity (Wildman–Crippen MR) is 104 cm³/mol. The fourth-order valence-corrected chi connectivity index (χ4v) is 4.03. The summed E-state index contributed by atoms with van der Waals surface area (Å²) in [5, 5.41) is 0. The third-order valence-electron chi connectivity index (χ3n) is 4.35.